The van der Waals surface area contributed by atoms with Crippen LogP contribution in [0.3, 0.4) is 0 Å². The third-order valence-electron chi connectivity index (χ3n) is 9.07. The van der Waals surface area contributed by atoms with Crippen LogP contribution in [0.1, 0.15) is 39.3 Å². The van der Waals surface area contributed by atoms with Gasteiger partial charge in [0.05, 0.1) is 22.4 Å². The molecule has 0 fully saturated rings. The first-order valence-electron chi connectivity index (χ1n) is 17.3. The fraction of sp³-hybridized carbons (Fsp3) is 0.227. The molecule has 0 saturated carbocycles. The van der Waals surface area contributed by atoms with E-state index in [1.165, 1.54) is 16.3 Å². The van der Waals surface area contributed by atoms with E-state index < -0.39 is 13.3 Å². The summed E-state index contributed by atoms with van der Waals surface area (Å²) < 4.78 is 10.1. The SMILES string of the molecule is CC(C)Cc1cc(-c2[c-]cccc2)nc[c]1[Ge]([CH3])([CH3])[CH3].CC(C)n1c(-c2[c-]ccc3c2oc2ccccc23)nc2c3ccccc3ccc21.[Ir]. The van der Waals surface area contributed by atoms with Gasteiger partial charge in [-0.05, 0) is 31.4 Å². The van der Waals surface area contributed by atoms with Gasteiger partial charge in [0.25, 0.3) is 0 Å². The second-order valence-electron chi connectivity index (χ2n) is 14.6. The molecule has 0 N–H and O–H groups in total. The van der Waals surface area contributed by atoms with Crippen molar-refractivity contribution in [2.24, 2.45) is 5.92 Å². The van der Waals surface area contributed by atoms with Crippen molar-refractivity contribution in [3.63, 3.8) is 0 Å². The van der Waals surface area contributed by atoms with E-state index in [1.54, 1.807) is 4.40 Å². The van der Waals surface area contributed by atoms with Crippen molar-refractivity contribution in [3.8, 4) is 22.6 Å². The van der Waals surface area contributed by atoms with Crippen molar-refractivity contribution in [2.75, 3.05) is 0 Å². The molecular weight excluding hydrogens is 851 g/mol. The first-order valence-corrected chi connectivity index (χ1v) is 24.6. The third kappa shape index (κ3) is 6.97. The molecular formula is C44H43GeIrN3O-2. The molecule has 0 amide bonds. The molecule has 0 unspecified atom stereocenters. The van der Waals surface area contributed by atoms with Crippen LogP contribution in [0.4, 0.5) is 0 Å². The molecule has 0 aliphatic rings. The third-order valence-corrected chi connectivity index (χ3v) is 13.4. The smallest absolute Gasteiger partial charge is 0.120 e. The van der Waals surface area contributed by atoms with Crippen LogP contribution < -0.4 is 4.40 Å². The Bertz CT molecular complexity index is 2420. The van der Waals surface area contributed by atoms with Crippen molar-refractivity contribution in [1.29, 1.82) is 0 Å². The molecule has 6 heteroatoms. The number of hydrogen-bond acceptors (Lipinski definition) is 3. The van der Waals surface area contributed by atoms with Crippen LogP contribution in [0.5, 0.6) is 0 Å². The number of pyridine rings is 1. The number of hydrogen-bond donors (Lipinski definition) is 0. The zero-order chi connectivity index (χ0) is 34.3. The van der Waals surface area contributed by atoms with Gasteiger partial charge in [0.15, 0.2) is 0 Å². The molecule has 0 aliphatic heterocycles. The van der Waals surface area contributed by atoms with Crippen LogP contribution in [0.15, 0.2) is 114 Å². The van der Waals surface area contributed by atoms with Gasteiger partial charge < -0.3 is 8.98 Å². The standard InChI is InChI=1S/C26H19N2O.C18H24GeN.Ir/c1-16(2)28-22-15-14-17-8-3-4-9-18(17)24(22)27-26(28)21-12-7-11-20-19-10-5-6-13-23(19)29-25(20)21;1-14(2)11-16-12-18(15-9-7-6-8-10-15)20-13-17(16)19(3,4)5;/h3-11,13-16H,1-2H3;6-9,12-14H,11H2,1-5H3;/q2*-1;. The summed E-state index contributed by atoms with van der Waals surface area (Å²) in [6.45, 7) is 8.96. The molecule has 8 rings (SSSR count). The van der Waals surface area contributed by atoms with Crippen LogP contribution in [0.2, 0.25) is 17.3 Å². The van der Waals surface area contributed by atoms with E-state index in [-0.39, 0.29) is 26.1 Å². The van der Waals surface area contributed by atoms with Crippen LogP contribution in [0, 0.1) is 18.1 Å². The Morgan fingerprint density at radius 3 is 2.24 bits per heavy atom. The predicted molar refractivity (Wildman–Crippen MR) is 209 cm³/mol. The Labute approximate surface area is 311 Å². The Morgan fingerprint density at radius 2 is 1.52 bits per heavy atom. The van der Waals surface area contributed by atoms with Crippen molar-refractivity contribution in [1.82, 2.24) is 14.5 Å². The van der Waals surface area contributed by atoms with E-state index in [2.05, 4.69) is 129 Å². The zero-order valence-corrected chi connectivity index (χ0v) is 34.3. The van der Waals surface area contributed by atoms with Crippen molar-refractivity contribution < 1.29 is 24.5 Å². The average Bonchev–Trinajstić information content (AvgIpc) is 3.68. The van der Waals surface area contributed by atoms with Crippen LogP contribution in [0.25, 0.3) is 66.4 Å². The molecule has 8 aromatic rings. The van der Waals surface area contributed by atoms with Crippen molar-refractivity contribution in [2.45, 2.75) is 57.4 Å². The van der Waals surface area contributed by atoms with Gasteiger partial charge in [-0.2, -0.15) is 0 Å². The molecule has 3 aromatic heterocycles. The summed E-state index contributed by atoms with van der Waals surface area (Å²) in [5.74, 6) is 8.89. The van der Waals surface area contributed by atoms with E-state index in [4.69, 9.17) is 14.4 Å². The maximum atomic E-state index is 6.27. The average molecular weight is 895 g/mol. The molecule has 0 spiro atoms. The Balaban J connectivity index is 0.000000182. The minimum Gasteiger partial charge on any atom is -0.501 e. The first-order chi connectivity index (χ1) is 23.6. The normalized spacial score (nSPS) is 11.8. The van der Waals surface area contributed by atoms with E-state index >= 15 is 0 Å². The summed E-state index contributed by atoms with van der Waals surface area (Å²) in [7, 11) is 0. The number of fused-ring (bicyclic) bond motifs is 6. The summed E-state index contributed by atoms with van der Waals surface area (Å²) in [5, 5.41) is 4.59. The molecule has 4 nitrogen and oxygen atoms in total. The minimum absolute atomic E-state index is 0. The van der Waals surface area contributed by atoms with E-state index in [9.17, 15) is 0 Å². The molecule has 3 heterocycles. The first kappa shape index (κ1) is 35.8. The van der Waals surface area contributed by atoms with Gasteiger partial charge in [-0.1, -0.05) is 59.5 Å². The van der Waals surface area contributed by atoms with Gasteiger partial charge in [0.1, 0.15) is 5.58 Å². The number of rotatable bonds is 6. The van der Waals surface area contributed by atoms with Crippen molar-refractivity contribution >= 4 is 61.4 Å². The van der Waals surface area contributed by atoms with E-state index in [1.807, 2.05) is 42.5 Å². The number of benzene rings is 5. The number of imidazole rings is 1. The molecule has 5 aromatic carbocycles. The van der Waals surface area contributed by atoms with Crippen LogP contribution in [-0.4, -0.2) is 27.8 Å². The Morgan fingerprint density at radius 1 is 0.780 bits per heavy atom. The molecule has 50 heavy (non-hydrogen) atoms. The van der Waals surface area contributed by atoms with Gasteiger partial charge in [-0.25, -0.2) is 0 Å². The molecule has 255 valence electrons. The number of para-hydroxylation sites is 1. The molecule has 0 saturated heterocycles. The zero-order valence-electron chi connectivity index (χ0n) is 29.8. The van der Waals surface area contributed by atoms with Gasteiger partial charge in [0, 0.05) is 36.9 Å². The van der Waals surface area contributed by atoms with Crippen LogP contribution in [-0.2, 0) is 26.5 Å². The number of aromatic nitrogens is 3. The fourth-order valence-corrected chi connectivity index (χ4v) is 10.2. The summed E-state index contributed by atoms with van der Waals surface area (Å²) in [6, 6.07) is 42.3. The molecule has 0 atom stereocenters. The van der Waals surface area contributed by atoms with Gasteiger partial charge >= 0.3 is 126 Å². The number of furan rings is 1. The Kier molecular flexibility index (Phi) is 10.5. The topological polar surface area (TPSA) is 43.9 Å². The number of nitrogens with zero attached hydrogens (tertiary/aromatic N) is 3. The largest absolute Gasteiger partial charge is 0.501 e. The minimum atomic E-state index is -1.86. The summed E-state index contributed by atoms with van der Waals surface area (Å²) in [5.41, 5.74) is 8.43. The maximum absolute atomic E-state index is 6.27. The van der Waals surface area contributed by atoms with Gasteiger partial charge in [-0.3, -0.25) is 4.98 Å². The van der Waals surface area contributed by atoms with Crippen LogP contribution >= 0.6 is 0 Å². The second-order valence-corrected chi connectivity index (χ2v) is 25.2. The van der Waals surface area contributed by atoms with Gasteiger partial charge in [0.2, 0.25) is 0 Å². The van der Waals surface area contributed by atoms with E-state index in [0.29, 0.717) is 5.92 Å². The molecule has 1 radical (unpaired) electrons. The van der Waals surface area contributed by atoms with Crippen molar-refractivity contribution in [3.05, 3.63) is 127 Å². The Hall–Kier alpha value is -4.03. The van der Waals surface area contributed by atoms with E-state index in [0.717, 1.165) is 62.0 Å². The summed E-state index contributed by atoms with van der Waals surface area (Å²) in [4.78, 5) is 9.82. The molecule has 0 bridgehead atoms. The summed E-state index contributed by atoms with van der Waals surface area (Å²) in [6.07, 6.45) is 3.27. The fourth-order valence-electron chi connectivity index (χ4n) is 6.87. The predicted octanol–water partition coefficient (Wildman–Crippen LogP) is 11.4. The van der Waals surface area contributed by atoms with Gasteiger partial charge in [-0.15, -0.1) is 18.2 Å². The molecule has 0 aliphatic carbocycles. The second kappa shape index (κ2) is 14.7. The summed E-state index contributed by atoms with van der Waals surface area (Å²) >= 11 is -1.86. The quantitative estimate of drug-likeness (QED) is 0.123. The monoisotopic (exact) mass is 896 g/mol. The maximum Gasteiger partial charge on any atom is 0.120 e.